The standard InChI is InChI=1S/C46H50N4O12/c51-35-13-5-31(27-39(35)55)9-17-43(59)47-21-3-25-49(45(61)19-11-33-7-15-37(53)41(57)29-33)23-1-2-24-50(46(62)20-12-34-8-16-38(54)42(58)30-34)26-4-22-48-44(60)18-10-32-6-14-36(52)40(56)28-32/h5-20,27-30,51-58H,1-4,21-26H2,(H,47,59)(H,48,60)/b17-9+,18-10+,19-11+,20-12+. The van der Waals surface area contributed by atoms with Gasteiger partial charge in [0.25, 0.3) is 0 Å². The molecule has 0 bridgehead atoms. The zero-order valence-corrected chi connectivity index (χ0v) is 33.7. The Kier molecular flexibility index (Phi) is 17.9. The molecule has 62 heavy (non-hydrogen) atoms. The van der Waals surface area contributed by atoms with E-state index in [4.69, 9.17) is 0 Å². The molecule has 0 heterocycles. The summed E-state index contributed by atoms with van der Waals surface area (Å²) >= 11 is 0. The van der Waals surface area contributed by atoms with Gasteiger partial charge in [0.05, 0.1) is 0 Å². The van der Waals surface area contributed by atoms with Crippen molar-refractivity contribution in [2.45, 2.75) is 25.7 Å². The van der Waals surface area contributed by atoms with E-state index in [1.807, 2.05) is 0 Å². The van der Waals surface area contributed by atoms with Gasteiger partial charge in [0.2, 0.25) is 23.6 Å². The zero-order chi connectivity index (χ0) is 45.0. The Morgan fingerprint density at radius 2 is 0.661 bits per heavy atom. The van der Waals surface area contributed by atoms with Gasteiger partial charge in [0.1, 0.15) is 0 Å². The van der Waals surface area contributed by atoms with E-state index < -0.39 is 11.8 Å². The van der Waals surface area contributed by atoms with Crippen molar-refractivity contribution in [3.05, 3.63) is 119 Å². The smallest absolute Gasteiger partial charge is 0.246 e. The van der Waals surface area contributed by atoms with Crippen molar-refractivity contribution >= 4 is 47.9 Å². The van der Waals surface area contributed by atoms with Gasteiger partial charge in [-0.25, -0.2) is 0 Å². The summed E-state index contributed by atoms with van der Waals surface area (Å²) in [5.41, 5.74) is 1.95. The Morgan fingerprint density at radius 1 is 0.387 bits per heavy atom. The van der Waals surface area contributed by atoms with Gasteiger partial charge < -0.3 is 61.3 Å². The number of benzene rings is 4. The molecule has 0 atom stereocenters. The second-order valence-corrected chi connectivity index (χ2v) is 14.0. The van der Waals surface area contributed by atoms with Crippen LogP contribution >= 0.6 is 0 Å². The number of phenolic OH excluding ortho intramolecular Hbond substituents is 8. The number of carbonyl (C=O) groups is 4. The van der Waals surface area contributed by atoms with Crippen molar-refractivity contribution in [2.24, 2.45) is 0 Å². The topological polar surface area (TPSA) is 261 Å². The SMILES string of the molecule is O=C(/C=C/c1ccc(O)c(O)c1)NCCCN(CCCCN(CCCNC(=O)/C=C/c1ccc(O)c(O)c1)C(=O)/C=C/c1ccc(O)c(O)c1)C(=O)/C=C/c1ccc(O)c(O)c1. The van der Waals surface area contributed by atoms with Crippen molar-refractivity contribution in [3.63, 3.8) is 0 Å². The number of nitrogens with one attached hydrogen (secondary N) is 2. The number of carbonyl (C=O) groups excluding carboxylic acids is 4. The normalized spacial score (nSPS) is 11.4. The maximum atomic E-state index is 13.4. The summed E-state index contributed by atoms with van der Waals surface area (Å²) in [4.78, 5) is 54.9. The molecule has 0 radical (unpaired) electrons. The fourth-order valence-electron chi connectivity index (χ4n) is 5.82. The van der Waals surface area contributed by atoms with Crippen LogP contribution in [0.4, 0.5) is 0 Å². The maximum Gasteiger partial charge on any atom is 0.246 e. The molecule has 0 saturated carbocycles. The molecule has 0 fully saturated rings. The van der Waals surface area contributed by atoms with E-state index in [0.29, 0.717) is 47.9 Å². The van der Waals surface area contributed by atoms with E-state index in [0.717, 1.165) is 0 Å². The van der Waals surface area contributed by atoms with Gasteiger partial charge in [-0.3, -0.25) is 19.2 Å². The van der Waals surface area contributed by atoms with E-state index in [-0.39, 0.29) is 97.1 Å². The summed E-state index contributed by atoms with van der Waals surface area (Å²) in [5.74, 6) is -4.01. The lowest BCUT2D eigenvalue weighted by Gasteiger charge is -2.24. The van der Waals surface area contributed by atoms with Crippen LogP contribution in [0, 0.1) is 0 Å². The van der Waals surface area contributed by atoms with Gasteiger partial charge >= 0.3 is 0 Å². The molecule has 0 unspecified atom stereocenters. The van der Waals surface area contributed by atoms with Gasteiger partial charge in [-0.1, -0.05) is 24.3 Å². The van der Waals surface area contributed by atoms with E-state index in [1.54, 1.807) is 9.80 Å². The summed E-state index contributed by atoms with van der Waals surface area (Å²) in [6.07, 6.45) is 12.9. The minimum absolute atomic E-state index is 0.226. The Balaban J connectivity index is 1.36. The lowest BCUT2D eigenvalue weighted by molar-refractivity contribution is -0.127. The third kappa shape index (κ3) is 15.7. The molecule has 0 aromatic heterocycles. The Hall–Kier alpha value is -7.88. The largest absolute Gasteiger partial charge is 0.504 e. The highest BCUT2D eigenvalue weighted by Gasteiger charge is 2.14. The minimum atomic E-state index is -0.408. The van der Waals surface area contributed by atoms with E-state index in [9.17, 15) is 60.0 Å². The number of phenols is 8. The number of amides is 4. The number of aromatic hydroxyl groups is 8. The second-order valence-electron chi connectivity index (χ2n) is 14.0. The highest BCUT2D eigenvalue weighted by molar-refractivity contribution is 5.93. The molecule has 4 rings (SSSR count). The Bertz CT molecular complexity index is 2160. The van der Waals surface area contributed by atoms with Gasteiger partial charge in [-0.2, -0.15) is 0 Å². The van der Waals surface area contributed by atoms with Crippen molar-refractivity contribution in [3.8, 4) is 46.0 Å². The van der Waals surface area contributed by atoms with Crippen LogP contribution in [0.5, 0.6) is 46.0 Å². The molecular weight excluding hydrogens is 801 g/mol. The van der Waals surface area contributed by atoms with Crippen LogP contribution in [0.15, 0.2) is 97.1 Å². The van der Waals surface area contributed by atoms with Gasteiger partial charge in [-0.05, 0) is 121 Å². The lowest BCUT2D eigenvalue weighted by atomic mass is 10.1. The fraction of sp³-hybridized carbons (Fsp3) is 0.217. The number of nitrogens with zero attached hydrogens (tertiary/aromatic N) is 2. The van der Waals surface area contributed by atoms with Gasteiger partial charge in [0, 0.05) is 63.6 Å². The zero-order valence-electron chi connectivity index (χ0n) is 33.7. The van der Waals surface area contributed by atoms with E-state index >= 15 is 0 Å². The van der Waals surface area contributed by atoms with Crippen LogP contribution in [0.25, 0.3) is 24.3 Å². The van der Waals surface area contributed by atoms with Gasteiger partial charge in [0.15, 0.2) is 46.0 Å². The Labute approximate surface area is 357 Å². The van der Waals surface area contributed by atoms with Crippen molar-refractivity contribution < 1.29 is 60.0 Å². The highest BCUT2D eigenvalue weighted by atomic mass is 16.3. The predicted molar refractivity (Wildman–Crippen MR) is 233 cm³/mol. The molecule has 326 valence electrons. The van der Waals surface area contributed by atoms with Crippen molar-refractivity contribution in [1.29, 1.82) is 0 Å². The van der Waals surface area contributed by atoms with Gasteiger partial charge in [-0.15, -0.1) is 0 Å². The first kappa shape index (κ1) is 46.8. The van der Waals surface area contributed by atoms with Crippen LogP contribution in [0.2, 0.25) is 0 Å². The molecule has 0 spiro atoms. The van der Waals surface area contributed by atoms with Crippen LogP contribution < -0.4 is 10.6 Å². The summed E-state index contributed by atoms with van der Waals surface area (Å²) in [6.45, 7) is 1.54. The van der Waals surface area contributed by atoms with Crippen molar-refractivity contribution in [2.75, 3.05) is 39.3 Å². The quantitative estimate of drug-likeness (QED) is 0.0304. The molecule has 0 aliphatic carbocycles. The molecule has 4 aromatic carbocycles. The number of hydrogen-bond donors (Lipinski definition) is 10. The van der Waals surface area contributed by atoms with Crippen LogP contribution in [0.3, 0.4) is 0 Å². The fourth-order valence-corrected chi connectivity index (χ4v) is 5.82. The second kappa shape index (κ2) is 23.6. The first-order chi connectivity index (χ1) is 29.7. The third-order valence-corrected chi connectivity index (χ3v) is 9.23. The summed E-state index contributed by atoms with van der Waals surface area (Å²) < 4.78 is 0. The predicted octanol–water partition coefficient (Wildman–Crippen LogP) is 4.93. The number of hydrogen-bond acceptors (Lipinski definition) is 12. The average molecular weight is 851 g/mol. The van der Waals surface area contributed by atoms with E-state index in [1.165, 1.54) is 121 Å². The van der Waals surface area contributed by atoms with Crippen LogP contribution in [0.1, 0.15) is 47.9 Å². The van der Waals surface area contributed by atoms with Crippen molar-refractivity contribution in [1.82, 2.24) is 20.4 Å². The average Bonchev–Trinajstić information content (AvgIpc) is 3.25. The third-order valence-electron chi connectivity index (χ3n) is 9.23. The number of unbranched alkanes of at least 4 members (excludes halogenated alkanes) is 1. The molecular formula is C46H50N4O12. The molecule has 16 heteroatoms. The summed E-state index contributed by atoms with van der Waals surface area (Å²) in [5, 5.41) is 82.9. The Morgan fingerprint density at radius 3 is 0.952 bits per heavy atom. The molecule has 4 amide bonds. The summed E-state index contributed by atoms with van der Waals surface area (Å²) in [6, 6.07) is 16.6. The monoisotopic (exact) mass is 850 g/mol. The molecule has 0 saturated heterocycles. The van der Waals surface area contributed by atoms with Crippen LogP contribution in [-0.4, -0.2) is 114 Å². The summed E-state index contributed by atoms with van der Waals surface area (Å²) in [7, 11) is 0. The maximum absolute atomic E-state index is 13.4. The molecule has 0 aliphatic rings. The first-order valence-corrected chi connectivity index (χ1v) is 19.6. The highest BCUT2D eigenvalue weighted by Crippen LogP contribution is 2.28. The molecule has 4 aromatic rings. The lowest BCUT2D eigenvalue weighted by Crippen LogP contribution is -2.36. The van der Waals surface area contributed by atoms with Crippen LogP contribution in [-0.2, 0) is 19.2 Å². The first-order valence-electron chi connectivity index (χ1n) is 19.6. The minimum Gasteiger partial charge on any atom is -0.504 e. The number of rotatable bonds is 21. The molecule has 0 aliphatic heterocycles. The van der Waals surface area contributed by atoms with E-state index in [2.05, 4.69) is 10.6 Å². The molecule has 10 N–H and O–H groups in total. The molecule has 16 nitrogen and oxygen atoms in total.